The number of benzene rings is 2. The molecule has 2 aliphatic carbocycles. The van der Waals surface area contributed by atoms with Crippen LogP contribution in [0.5, 0.6) is 5.75 Å². The van der Waals surface area contributed by atoms with Crippen LogP contribution in [-0.2, 0) is 37.0 Å². The summed E-state index contributed by atoms with van der Waals surface area (Å²) in [6.07, 6.45) is -3.68. The lowest BCUT2D eigenvalue weighted by Crippen LogP contribution is -2.60. The molecule has 0 spiro atoms. The van der Waals surface area contributed by atoms with Gasteiger partial charge in [0, 0.05) is 19.4 Å². The molecule has 3 aliphatic rings. The van der Waals surface area contributed by atoms with Crippen molar-refractivity contribution in [3.63, 3.8) is 0 Å². The maximum atomic E-state index is 13.8. The first kappa shape index (κ1) is 28.9. The molecule has 10 heteroatoms. The number of fused-ring (bicyclic) bond motifs is 1. The van der Waals surface area contributed by atoms with Crippen LogP contribution in [0.2, 0.25) is 0 Å². The lowest BCUT2D eigenvalue weighted by molar-refractivity contribution is -0.274. The second kappa shape index (κ2) is 11.3. The number of carbonyl (C=O) groups excluding carboxylic acids is 1. The predicted molar refractivity (Wildman–Crippen MR) is 139 cm³/mol. The standard InChI is InChI=1S/C30H36F3NO6/c1-19-6-4-7-21(12-19)18-37-29(27(35)34-16-20-10-11-20)14-24(26-25(15-29)39-28(2,3)40-26)36-17-22-8-5-9-23(13-22)38-30(31,32)33/h4-9,12-13,20,24-26H,10-11,14-18H2,1-3H3,(H,34,35)/t24-,25+,26-,29+/m0/s1. The lowest BCUT2D eigenvalue weighted by Gasteiger charge is -2.43. The van der Waals surface area contributed by atoms with Gasteiger partial charge in [-0.25, -0.2) is 0 Å². The van der Waals surface area contributed by atoms with Crippen molar-refractivity contribution in [3.05, 3.63) is 65.2 Å². The molecule has 1 heterocycles. The van der Waals surface area contributed by atoms with Crippen LogP contribution in [0.25, 0.3) is 0 Å². The van der Waals surface area contributed by atoms with Crippen molar-refractivity contribution in [2.24, 2.45) is 5.92 Å². The van der Waals surface area contributed by atoms with E-state index in [0.717, 1.165) is 24.0 Å². The van der Waals surface area contributed by atoms with Gasteiger partial charge in [0.25, 0.3) is 5.91 Å². The van der Waals surface area contributed by atoms with Gasteiger partial charge in [0.15, 0.2) is 11.4 Å². The molecule has 0 radical (unpaired) electrons. The summed E-state index contributed by atoms with van der Waals surface area (Å²) in [6, 6.07) is 13.6. The molecule has 2 saturated carbocycles. The Balaban J connectivity index is 1.37. The fourth-order valence-electron chi connectivity index (χ4n) is 5.49. The summed E-state index contributed by atoms with van der Waals surface area (Å²) >= 11 is 0. The molecule has 1 amide bonds. The van der Waals surface area contributed by atoms with E-state index in [1.807, 2.05) is 45.0 Å². The molecular weight excluding hydrogens is 527 g/mol. The summed E-state index contributed by atoms with van der Waals surface area (Å²) in [4.78, 5) is 13.8. The molecule has 2 aromatic rings. The van der Waals surface area contributed by atoms with Gasteiger partial charge in [-0.2, -0.15) is 0 Å². The van der Waals surface area contributed by atoms with Crippen LogP contribution in [0, 0.1) is 12.8 Å². The molecule has 4 atom stereocenters. The van der Waals surface area contributed by atoms with E-state index < -0.39 is 36.1 Å². The number of hydrogen-bond acceptors (Lipinski definition) is 6. The molecule has 1 aliphatic heterocycles. The Labute approximate surface area is 232 Å². The van der Waals surface area contributed by atoms with Crippen LogP contribution >= 0.6 is 0 Å². The highest BCUT2D eigenvalue weighted by Crippen LogP contribution is 2.44. The number of carbonyl (C=O) groups is 1. The average molecular weight is 564 g/mol. The number of amides is 1. The molecule has 3 fully saturated rings. The first-order valence-electron chi connectivity index (χ1n) is 13.7. The molecule has 1 N–H and O–H groups in total. The fraction of sp³-hybridized carbons (Fsp3) is 0.567. The lowest BCUT2D eigenvalue weighted by atomic mass is 9.78. The third kappa shape index (κ3) is 7.34. The third-order valence-electron chi connectivity index (χ3n) is 7.51. The quantitative estimate of drug-likeness (QED) is 0.407. The first-order valence-corrected chi connectivity index (χ1v) is 13.7. The van der Waals surface area contributed by atoms with Gasteiger partial charge in [0.05, 0.1) is 25.4 Å². The zero-order chi connectivity index (χ0) is 28.5. The van der Waals surface area contributed by atoms with E-state index in [2.05, 4.69) is 10.1 Å². The van der Waals surface area contributed by atoms with E-state index in [0.29, 0.717) is 18.0 Å². The number of halogens is 3. The minimum absolute atomic E-state index is 0.00954. The van der Waals surface area contributed by atoms with Crippen LogP contribution in [-0.4, -0.2) is 48.5 Å². The van der Waals surface area contributed by atoms with E-state index in [1.165, 1.54) is 18.2 Å². The Kier molecular flexibility index (Phi) is 8.16. The van der Waals surface area contributed by atoms with E-state index in [4.69, 9.17) is 18.9 Å². The summed E-state index contributed by atoms with van der Waals surface area (Å²) in [5, 5.41) is 3.09. The van der Waals surface area contributed by atoms with Crippen LogP contribution in [0.4, 0.5) is 13.2 Å². The normalized spacial score (nSPS) is 27.7. The average Bonchev–Trinajstić information content (AvgIpc) is 3.64. The van der Waals surface area contributed by atoms with Gasteiger partial charge >= 0.3 is 6.36 Å². The van der Waals surface area contributed by atoms with Gasteiger partial charge in [-0.15, -0.1) is 13.2 Å². The second-order valence-electron chi connectivity index (χ2n) is 11.5. The molecule has 218 valence electrons. The Hall–Kier alpha value is -2.66. The molecular formula is C30H36F3NO6. The van der Waals surface area contributed by atoms with Crippen molar-refractivity contribution in [3.8, 4) is 5.75 Å². The van der Waals surface area contributed by atoms with Crippen molar-refractivity contribution in [1.29, 1.82) is 0 Å². The van der Waals surface area contributed by atoms with Gasteiger partial charge in [-0.05, 0) is 62.8 Å². The van der Waals surface area contributed by atoms with E-state index >= 15 is 0 Å². The molecule has 0 unspecified atom stereocenters. The molecule has 40 heavy (non-hydrogen) atoms. The summed E-state index contributed by atoms with van der Waals surface area (Å²) in [5.41, 5.74) is 1.28. The molecule has 1 saturated heterocycles. The van der Waals surface area contributed by atoms with E-state index in [9.17, 15) is 18.0 Å². The van der Waals surface area contributed by atoms with Gasteiger partial charge < -0.3 is 29.0 Å². The maximum Gasteiger partial charge on any atom is 0.573 e. The molecule has 7 nitrogen and oxygen atoms in total. The highest BCUT2D eigenvalue weighted by atomic mass is 19.4. The Morgan fingerprint density at radius 1 is 1.02 bits per heavy atom. The fourth-order valence-corrected chi connectivity index (χ4v) is 5.49. The molecule has 5 rings (SSSR count). The van der Waals surface area contributed by atoms with E-state index in [1.54, 1.807) is 6.07 Å². The van der Waals surface area contributed by atoms with E-state index in [-0.39, 0.29) is 37.7 Å². The van der Waals surface area contributed by atoms with Crippen molar-refractivity contribution in [2.45, 2.75) is 95.7 Å². The van der Waals surface area contributed by atoms with Gasteiger partial charge in [0.1, 0.15) is 11.9 Å². The highest BCUT2D eigenvalue weighted by molar-refractivity contribution is 5.85. The number of rotatable bonds is 10. The van der Waals surface area contributed by atoms with Crippen molar-refractivity contribution in [1.82, 2.24) is 5.32 Å². The summed E-state index contributed by atoms with van der Waals surface area (Å²) < 4.78 is 67.4. The smallest absolute Gasteiger partial charge is 0.406 e. The highest BCUT2D eigenvalue weighted by Gasteiger charge is 2.58. The number of hydrogen-bond donors (Lipinski definition) is 1. The predicted octanol–water partition coefficient (Wildman–Crippen LogP) is 5.57. The van der Waals surface area contributed by atoms with Gasteiger partial charge in [0.2, 0.25) is 0 Å². The van der Waals surface area contributed by atoms with Crippen molar-refractivity contribution in [2.75, 3.05) is 6.54 Å². The summed E-state index contributed by atoms with van der Waals surface area (Å²) in [5.74, 6) is -0.952. The number of ether oxygens (including phenoxy) is 5. The third-order valence-corrected chi connectivity index (χ3v) is 7.51. The Bertz CT molecular complexity index is 1200. The zero-order valence-electron chi connectivity index (χ0n) is 23.0. The SMILES string of the molecule is Cc1cccc(CO[C@]2(C(=O)NCC3CC3)C[C@H](OCc3cccc(OC(F)(F)F)c3)[C@@H]3OC(C)(C)O[C@@H]3C2)c1. The zero-order valence-corrected chi connectivity index (χ0v) is 23.0. The Morgan fingerprint density at radius 2 is 1.75 bits per heavy atom. The number of alkyl halides is 3. The van der Waals surface area contributed by atoms with Crippen LogP contribution in [0.3, 0.4) is 0 Å². The minimum Gasteiger partial charge on any atom is -0.406 e. The van der Waals surface area contributed by atoms with Crippen LogP contribution in [0.15, 0.2) is 48.5 Å². The van der Waals surface area contributed by atoms with Crippen molar-refractivity contribution < 1.29 is 41.7 Å². The number of aryl methyl sites for hydroxylation is 1. The maximum absolute atomic E-state index is 13.8. The monoisotopic (exact) mass is 563 g/mol. The minimum atomic E-state index is -4.79. The van der Waals surface area contributed by atoms with Gasteiger partial charge in [-0.3, -0.25) is 4.79 Å². The molecule has 0 bridgehead atoms. The van der Waals surface area contributed by atoms with Gasteiger partial charge in [-0.1, -0.05) is 42.0 Å². The van der Waals surface area contributed by atoms with Crippen LogP contribution in [0.1, 0.15) is 56.2 Å². The number of nitrogens with one attached hydrogen (secondary N) is 1. The topological polar surface area (TPSA) is 75.3 Å². The second-order valence-corrected chi connectivity index (χ2v) is 11.5. The first-order chi connectivity index (χ1) is 18.9. The summed E-state index contributed by atoms with van der Waals surface area (Å²) in [7, 11) is 0. The molecule has 0 aromatic heterocycles. The summed E-state index contributed by atoms with van der Waals surface area (Å²) in [6.45, 7) is 6.42. The van der Waals surface area contributed by atoms with Crippen LogP contribution < -0.4 is 10.1 Å². The largest absolute Gasteiger partial charge is 0.573 e. The van der Waals surface area contributed by atoms with Crippen molar-refractivity contribution >= 4 is 5.91 Å². The molecule has 2 aromatic carbocycles. The Morgan fingerprint density at radius 3 is 2.45 bits per heavy atom.